The van der Waals surface area contributed by atoms with Crippen LogP contribution in [0.5, 0.6) is 0 Å². The van der Waals surface area contributed by atoms with Crippen molar-refractivity contribution >= 4 is 11.8 Å². The summed E-state index contributed by atoms with van der Waals surface area (Å²) in [6.45, 7) is 3.34. The van der Waals surface area contributed by atoms with Gasteiger partial charge >= 0.3 is 5.97 Å². The van der Waals surface area contributed by atoms with Gasteiger partial charge in [0.25, 0.3) is 0 Å². The molecule has 1 heterocycles. The molecule has 0 aromatic heterocycles. The minimum atomic E-state index is -0.174. The highest BCUT2D eigenvalue weighted by molar-refractivity contribution is 5.76. The van der Waals surface area contributed by atoms with Crippen molar-refractivity contribution in [3.63, 3.8) is 0 Å². The topological polar surface area (TPSA) is 46.6 Å². The van der Waals surface area contributed by atoms with Gasteiger partial charge in [0, 0.05) is 19.0 Å². The van der Waals surface area contributed by atoms with Gasteiger partial charge in [-0.2, -0.15) is 0 Å². The fourth-order valence-electron chi connectivity index (χ4n) is 2.25. The van der Waals surface area contributed by atoms with E-state index in [1.807, 2.05) is 0 Å². The SMILES string of the molecule is COC(=O)CCN1CCCCC1CC(C)=O. The van der Waals surface area contributed by atoms with Gasteiger partial charge in [0.2, 0.25) is 0 Å². The van der Waals surface area contributed by atoms with Crippen molar-refractivity contribution in [1.82, 2.24) is 4.90 Å². The minimum absolute atomic E-state index is 0.174. The van der Waals surface area contributed by atoms with E-state index in [4.69, 9.17) is 0 Å². The zero-order valence-corrected chi connectivity index (χ0v) is 10.2. The molecule has 1 saturated heterocycles. The first-order chi connectivity index (χ1) is 7.63. The molecular weight excluding hydrogens is 206 g/mol. The van der Waals surface area contributed by atoms with Crippen LogP contribution < -0.4 is 0 Å². The van der Waals surface area contributed by atoms with E-state index in [1.54, 1.807) is 6.92 Å². The molecule has 1 rings (SSSR count). The van der Waals surface area contributed by atoms with Crippen LogP contribution >= 0.6 is 0 Å². The first-order valence-corrected chi connectivity index (χ1v) is 5.93. The number of rotatable bonds is 5. The second kappa shape index (κ2) is 6.63. The van der Waals surface area contributed by atoms with Gasteiger partial charge < -0.3 is 4.74 Å². The normalized spacial score (nSPS) is 21.8. The average molecular weight is 227 g/mol. The van der Waals surface area contributed by atoms with Gasteiger partial charge in [-0.05, 0) is 26.3 Å². The predicted octanol–water partition coefficient (Wildman–Crippen LogP) is 1.38. The highest BCUT2D eigenvalue weighted by atomic mass is 16.5. The molecule has 1 unspecified atom stereocenters. The predicted molar refractivity (Wildman–Crippen MR) is 61.1 cm³/mol. The van der Waals surface area contributed by atoms with Crippen LogP contribution in [0.1, 0.15) is 39.0 Å². The quantitative estimate of drug-likeness (QED) is 0.666. The fourth-order valence-corrected chi connectivity index (χ4v) is 2.25. The number of ketones is 1. The number of esters is 1. The van der Waals surface area contributed by atoms with Crippen LogP contribution in [0, 0.1) is 0 Å². The maximum atomic E-state index is 11.1. The van der Waals surface area contributed by atoms with E-state index in [1.165, 1.54) is 13.5 Å². The summed E-state index contributed by atoms with van der Waals surface area (Å²) < 4.78 is 4.63. The van der Waals surface area contributed by atoms with Gasteiger partial charge in [-0.25, -0.2) is 0 Å². The minimum Gasteiger partial charge on any atom is -0.469 e. The molecule has 0 N–H and O–H groups in total. The highest BCUT2D eigenvalue weighted by Gasteiger charge is 2.23. The third-order valence-electron chi connectivity index (χ3n) is 3.10. The smallest absolute Gasteiger partial charge is 0.306 e. The number of hydrogen-bond acceptors (Lipinski definition) is 4. The summed E-state index contributed by atoms with van der Waals surface area (Å²) >= 11 is 0. The Morgan fingerprint density at radius 2 is 2.12 bits per heavy atom. The number of carbonyl (C=O) groups is 2. The zero-order valence-electron chi connectivity index (χ0n) is 10.2. The molecule has 1 aliphatic heterocycles. The van der Waals surface area contributed by atoms with E-state index in [0.717, 1.165) is 19.4 Å². The second-order valence-electron chi connectivity index (χ2n) is 4.42. The number of methoxy groups -OCH3 is 1. The third-order valence-corrected chi connectivity index (χ3v) is 3.10. The lowest BCUT2D eigenvalue weighted by Crippen LogP contribution is -2.41. The van der Waals surface area contributed by atoms with Gasteiger partial charge in [-0.15, -0.1) is 0 Å². The van der Waals surface area contributed by atoms with Gasteiger partial charge in [0.15, 0.2) is 0 Å². The van der Waals surface area contributed by atoms with Gasteiger partial charge in [-0.1, -0.05) is 6.42 Å². The fraction of sp³-hybridized carbons (Fsp3) is 0.833. The highest BCUT2D eigenvalue weighted by Crippen LogP contribution is 2.20. The molecule has 0 bridgehead atoms. The first-order valence-electron chi connectivity index (χ1n) is 5.93. The second-order valence-corrected chi connectivity index (χ2v) is 4.42. The number of likely N-dealkylation sites (tertiary alicyclic amines) is 1. The maximum absolute atomic E-state index is 11.1. The largest absolute Gasteiger partial charge is 0.469 e. The van der Waals surface area contributed by atoms with Crippen molar-refractivity contribution < 1.29 is 14.3 Å². The Balaban J connectivity index is 2.40. The Kier molecular flexibility index (Phi) is 5.46. The molecule has 0 aromatic carbocycles. The molecule has 4 nitrogen and oxygen atoms in total. The molecule has 1 fully saturated rings. The van der Waals surface area contributed by atoms with Gasteiger partial charge in [0.05, 0.1) is 13.5 Å². The lowest BCUT2D eigenvalue weighted by Gasteiger charge is -2.35. The molecule has 0 radical (unpaired) electrons. The summed E-state index contributed by atoms with van der Waals surface area (Å²) in [5.74, 6) is 0.0575. The summed E-state index contributed by atoms with van der Waals surface area (Å²) in [4.78, 5) is 24.5. The number of piperidine rings is 1. The lowest BCUT2D eigenvalue weighted by atomic mass is 9.97. The van der Waals surface area contributed by atoms with E-state index < -0.39 is 0 Å². The summed E-state index contributed by atoms with van der Waals surface area (Å²) in [6.07, 6.45) is 4.45. The van der Waals surface area contributed by atoms with Crippen molar-refractivity contribution in [2.75, 3.05) is 20.2 Å². The van der Waals surface area contributed by atoms with Crippen LogP contribution in [0.3, 0.4) is 0 Å². The molecule has 0 saturated carbocycles. The first kappa shape index (κ1) is 13.2. The van der Waals surface area contributed by atoms with Crippen LogP contribution in [0.2, 0.25) is 0 Å². The van der Waals surface area contributed by atoms with Crippen molar-refractivity contribution in [2.45, 2.75) is 45.1 Å². The Morgan fingerprint density at radius 1 is 1.38 bits per heavy atom. The van der Waals surface area contributed by atoms with Crippen molar-refractivity contribution in [2.24, 2.45) is 0 Å². The van der Waals surface area contributed by atoms with Crippen molar-refractivity contribution in [1.29, 1.82) is 0 Å². The van der Waals surface area contributed by atoms with Crippen molar-refractivity contribution in [3.8, 4) is 0 Å². The lowest BCUT2D eigenvalue weighted by molar-refractivity contribution is -0.141. The molecule has 1 aliphatic rings. The Bertz CT molecular complexity index is 253. The molecule has 4 heteroatoms. The summed E-state index contributed by atoms with van der Waals surface area (Å²) in [5, 5.41) is 0. The molecule has 0 amide bonds. The molecule has 0 aliphatic carbocycles. The van der Waals surface area contributed by atoms with Crippen LogP contribution in [-0.4, -0.2) is 42.9 Å². The van der Waals surface area contributed by atoms with Crippen LogP contribution in [0.15, 0.2) is 0 Å². The molecule has 0 spiro atoms. The Labute approximate surface area is 96.9 Å². The van der Waals surface area contributed by atoms with Gasteiger partial charge in [-0.3, -0.25) is 14.5 Å². The van der Waals surface area contributed by atoms with Crippen LogP contribution in [0.4, 0.5) is 0 Å². The van der Waals surface area contributed by atoms with E-state index in [2.05, 4.69) is 9.64 Å². The van der Waals surface area contributed by atoms with E-state index in [-0.39, 0.29) is 11.8 Å². The zero-order chi connectivity index (χ0) is 12.0. The summed E-state index contributed by atoms with van der Waals surface area (Å²) in [7, 11) is 1.41. The summed E-state index contributed by atoms with van der Waals surface area (Å²) in [6, 6.07) is 0.330. The number of ether oxygens (including phenoxy) is 1. The van der Waals surface area contributed by atoms with E-state index in [0.29, 0.717) is 25.4 Å². The van der Waals surface area contributed by atoms with E-state index in [9.17, 15) is 9.59 Å². The molecular formula is C12H21NO3. The Morgan fingerprint density at radius 3 is 2.75 bits per heavy atom. The number of Topliss-reactive ketones (excluding diaryl/α,β-unsaturated/α-hetero) is 1. The van der Waals surface area contributed by atoms with Gasteiger partial charge in [0.1, 0.15) is 5.78 Å². The average Bonchev–Trinajstić information content (AvgIpc) is 2.26. The number of nitrogens with zero attached hydrogens (tertiary/aromatic N) is 1. The third kappa shape index (κ3) is 4.31. The summed E-state index contributed by atoms with van der Waals surface area (Å²) in [5.41, 5.74) is 0. The standard InChI is InChI=1S/C12H21NO3/c1-10(14)9-11-5-3-4-7-13(11)8-6-12(15)16-2/h11H,3-9H2,1-2H3. The monoisotopic (exact) mass is 227 g/mol. The molecule has 0 aromatic rings. The molecule has 16 heavy (non-hydrogen) atoms. The van der Waals surface area contributed by atoms with E-state index >= 15 is 0 Å². The molecule has 1 atom stereocenters. The van der Waals surface area contributed by atoms with Crippen LogP contribution in [-0.2, 0) is 14.3 Å². The van der Waals surface area contributed by atoms with Crippen molar-refractivity contribution in [3.05, 3.63) is 0 Å². The number of carbonyl (C=O) groups excluding carboxylic acids is 2. The number of hydrogen-bond donors (Lipinski definition) is 0. The molecule has 92 valence electrons. The Hall–Kier alpha value is -0.900. The maximum Gasteiger partial charge on any atom is 0.306 e. The van der Waals surface area contributed by atoms with Crippen LogP contribution in [0.25, 0.3) is 0 Å².